The summed E-state index contributed by atoms with van der Waals surface area (Å²) in [7, 11) is 0. The maximum absolute atomic E-state index is 8.14. The lowest BCUT2D eigenvalue weighted by Gasteiger charge is -1.90. The zero-order chi connectivity index (χ0) is 12.5. The van der Waals surface area contributed by atoms with Gasteiger partial charge in [0.25, 0.3) is 0 Å². The van der Waals surface area contributed by atoms with Gasteiger partial charge in [0.15, 0.2) is 0 Å². The van der Waals surface area contributed by atoms with Gasteiger partial charge in [0.05, 0.1) is 0 Å². The van der Waals surface area contributed by atoms with E-state index in [1.165, 1.54) is 0 Å². The summed E-state index contributed by atoms with van der Waals surface area (Å²) in [6.07, 6.45) is 4.08. The van der Waals surface area contributed by atoms with Gasteiger partial charge in [-0.15, -0.1) is 0 Å². The molecule has 0 saturated heterocycles. The number of aliphatic hydroxyl groups is 3. The standard InChI is InChI=1S/3C4H10O/c1-4(2)3-5;2*1-2-3-4-5/h4-5H,3H2,1-2H3;2*5H,2-4H2,1H3. The van der Waals surface area contributed by atoms with Crippen molar-refractivity contribution in [2.45, 2.75) is 53.4 Å². The summed E-state index contributed by atoms with van der Waals surface area (Å²) >= 11 is 0. The summed E-state index contributed by atoms with van der Waals surface area (Å²) in [5, 5.41) is 24.3. The summed E-state index contributed by atoms with van der Waals surface area (Å²) < 4.78 is 0. The molecule has 0 heterocycles. The van der Waals surface area contributed by atoms with E-state index in [2.05, 4.69) is 13.8 Å². The molecule has 0 amide bonds. The van der Waals surface area contributed by atoms with E-state index in [-0.39, 0.29) is 0 Å². The van der Waals surface area contributed by atoms with Crippen LogP contribution in [0.25, 0.3) is 0 Å². The van der Waals surface area contributed by atoms with Crippen LogP contribution in [-0.2, 0) is 0 Å². The SMILES string of the molecule is CC(C)CO.CCCCO.CCCCO. The van der Waals surface area contributed by atoms with Gasteiger partial charge in [0.2, 0.25) is 0 Å². The molecule has 0 aromatic heterocycles. The predicted octanol–water partition coefficient (Wildman–Crippen LogP) is 2.19. The lowest BCUT2D eigenvalue weighted by atomic mass is 10.2. The largest absolute Gasteiger partial charge is 0.396 e. The third kappa shape index (κ3) is 56.7. The van der Waals surface area contributed by atoms with Crippen LogP contribution in [0.3, 0.4) is 0 Å². The van der Waals surface area contributed by atoms with Gasteiger partial charge in [-0.3, -0.25) is 0 Å². The minimum Gasteiger partial charge on any atom is -0.396 e. The Morgan fingerprint density at radius 1 is 0.800 bits per heavy atom. The molecule has 15 heavy (non-hydrogen) atoms. The van der Waals surface area contributed by atoms with E-state index in [0.29, 0.717) is 25.7 Å². The maximum atomic E-state index is 8.14. The fraction of sp³-hybridized carbons (Fsp3) is 1.00. The van der Waals surface area contributed by atoms with Crippen molar-refractivity contribution in [3.8, 4) is 0 Å². The van der Waals surface area contributed by atoms with Crippen LogP contribution in [0.4, 0.5) is 0 Å². The molecule has 3 N–H and O–H groups in total. The minimum absolute atomic E-state index is 0.306. The Kier molecular flexibility index (Phi) is 31.9. The first kappa shape index (κ1) is 20.3. The molecule has 0 fully saturated rings. The summed E-state index contributed by atoms with van der Waals surface area (Å²) in [5.74, 6) is 0.440. The minimum atomic E-state index is 0.306. The lowest BCUT2D eigenvalue weighted by Crippen LogP contribution is -1.90. The van der Waals surface area contributed by atoms with Gasteiger partial charge in [-0.1, -0.05) is 40.5 Å². The molecule has 3 nitrogen and oxygen atoms in total. The van der Waals surface area contributed by atoms with Crippen LogP contribution >= 0.6 is 0 Å². The Hall–Kier alpha value is -0.120. The average molecular weight is 222 g/mol. The fourth-order valence-electron chi connectivity index (χ4n) is 0.316. The Morgan fingerprint density at radius 3 is 1.07 bits per heavy atom. The van der Waals surface area contributed by atoms with Crippen LogP contribution in [0.1, 0.15) is 53.4 Å². The van der Waals surface area contributed by atoms with E-state index in [1.807, 2.05) is 13.8 Å². The molecule has 96 valence electrons. The summed E-state index contributed by atoms with van der Waals surface area (Å²) in [4.78, 5) is 0. The van der Waals surface area contributed by atoms with Crippen LogP contribution in [0.2, 0.25) is 0 Å². The molecule has 0 atom stereocenters. The second-order valence-electron chi connectivity index (χ2n) is 3.73. The molecule has 0 rings (SSSR count). The van der Waals surface area contributed by atoms with E-state index < -0.39 is 0 Å². The Bertz CT molecular complexity index is 65.3. The van der Waals surface area contributed by atoms with Gasteiger partial charge >= 0.3 is 0 Å². The molecule has 0 spiro atoms. The molecule has 3 heteroatoms. The molecule has 0 saturated carbocycles. The van der Waals surface area contributed by atoms with E-state index in [0.717, 1.165) is 25.7 Å². The van der Waals surface area contributed by atoms with E-state index in [4.69, 9.17) is 15.3 Å². The van der Waals surface area contributed by atoms with Crippen molar-refractivity contribution in [3.05, 3.63) is 0 Å². The Morgan fingerprint density at radius 2 is 1.07 bits per heavy atom. The van der Waals surface area contributed by atoms with Crippen LogP contribution < -0.4 is 0 Å². The first-order chi connectivity index (χ1) is 7.10. The number of rotatable bonds is 5. The molecule has 0 aliphatic carbocycles. The van der Waals surface area contributed by atoms with Crippen molar-refractivity contribution < 1.29 is 15.3 Å². The molecular formula is C12H30O3. The third-order valence-electron chi connectivity index (χ3n) is 1.39. The zero-order valence-corrected chi connectivity index (χ0v) is 10.9. The Balaban J connectivity index is -0.000000144. The molecule has 0 aliphatic rings. The molecule has 0 bridgehead atoms. The summed E-state index contributed by atoms with van der Waals surface area (Å²) in [5.41, 5.74) is 0. The van der Waals surface area contributed by atoms with E-state index in [9.17, 15) is 0 Å². The third-order valence-corrected chi connectivity index (χ3v) is 1.39. The van der Waals surface area contributed by atoms with Crippen LogP contribution in [0.15, 0.2) is 0 Å². The Labute approximate surface area is 95.1 Å². The monoisotopic (exact) mass is 222 g/mol. The number of unbranched alkanes of at least 4 members (excludes halogenated alkanes) is 2. The number of hydrogen-bond acceptors (Lipinski definition) is 3. The van der Waals surface area contributed by atoms with Crippen LogP contribution in [-0.4, -0.2) is 35.1 Å². The smallest absolute Gasteiger partial charge is 0.0453 e. The van der Waals surface area contributed by atoms with Crippen molar-refractivity contribution in [2.75, 3.05) is 19.8 Å². The molecule has 0 aliphatic heterocycles. The predicted molar refractivity (Wildman–Crippen MR) is 65.9 cm³/mol. The van der Waals surface area contributed by atoms with E-state index in [1.54, 1.807) is 0 Å². The number of aliphatic hydroxyl groups excluding tert-OH is 3. The molecule has 0 aromatic rings. The molecular weight excluding hydrogens is 192 g/mol. The summed E-state index contributed by atoms with van der Waals surface area (Å²) in [6, 6.07) is 0. The highest BCUT2D eigenvalue weighted by atomic mass is 16.3. The van der Waals surface area contributed by atoms with Crippen molar-refractivity contribution in [1.82, 2.24) is 0 Å². The van der Waals surface area contributed by atoms with Gasteiger partial charge in [-0.2, -0.15) is 0 Å². The van der Waals surface area contributed by atoms with Crippen LogP contribution in [0.5, 0.6) is 0 Å². The second-order valence-corrected chi connectivity index (χ2v) is 3.73. The fourth-order valence-corrected chi connectivity index (χ4v) is 0.316. The highest BCUT2D eigenvalue weighted by Crippen LogP contribution is 1.83. The molecule has 0 unspecified atom stereocenters. The topological polar surface area (TPSA) is 60.7 Å². The normalized spacial score (nSPS) is 8.80. The highest BCUT2D eigenvalue weighted by Gasteiger charge is 1.81. The van der Waals surface area contributed by atoms with Gasteiger partial charge in [-0.05, 0) is 18.8 Å². The zero-order valence-electron chi connectivity index (χ0n) is 10.9. The average Bonchev–Trinajstić information content (AvgIpc) is 2.22. The van der Waals surface area contributed by atoms with Crippen molar-refractivity contribution in [3.63, 3.8) is 0 Å². The number of hydrogen-bond donors (Lipinski definition) is 3. The van der Waals surface area contributed by atoms with E-state index >= 15 is 0 Å². The first-order valence-corrected chi connectivity index (χ1v) is 5.93. The highest BCUT2D eigenvalue weighted by molar-refractivity contribution is 4.32. The van der Waals surface area contributed by atoms with Crippen LogP contribution in [0, 0.1) is 5.92 Å². The quantitative estimate of drug-likeness (QED) is 0.668. The summed E-state index contributed by atoms with van der Waals surface area (Å²) in [6.45, 7) is 9.04. The molecule has 0 aromatic carbocycles. The van der Waals surface area contributed by atoms with Gasteiger partial charge in [0.1, 0.15) is 0 Å². The second kappa shape index (κ2) is 23.6. The van der Waals surface area contributed by atoms with Crippen molar-refractivity contribution >= 4 is 0 Å². The van der Waals surface area contributed by atoms with Gasteiger partial charge in [0, 0.05) is 19.8 Å². The molecule has 0 radical (unpaired) electrons. The van der Waals surface area contributed by atoms with Crippen molar-refractivity contribution in [2.24, 2.45) is 5.92 Å². The van der Waals surface area contributed by atoms with Gasteiger partial charge in [-0.25, -0.2) is 0 Å². The maximum Gasteiger partial charge on any atom is 0.0453 e. The van der Waals surface area contributed by atoms with Gasteiger partial charge < -0.3 is 15.3 Å². The first-order valence-electron chi connectivity index (χ1n) is 5.93. The van der Waals surface area contributed by atoms with Crippen molar-refractivity contribution in [1.29, 1.82) is 0 Å². The lowest BCUT2D eigenvalue weighted by molar-refractivity contribution is 0.248.